The van der Waals surface area contributed by atoms with Crippen LogP contribution in [0.1, 0.15) is 33.6 Å². The van der Waals surface area contributed by atoms with Crippen molar-refractivity contribution in [3.05, 3.63) is 76.1 Å². The number of carbonyl (C=O) groups excluding carboxylic acids is 2. The first-order valence-electron chi connectivity index (χ1n) is 10.1. The summed E-state index contributed by atoms with van der Waals surface area (Å²) in [5.41, 5.74) is 1.62. The normalized spacial score (nSPS) is 14.7. The van der Waals surface area contributed by atoms with E-state index >= 15 is 0 Å². The van der Waals surface area contributed by atoms with Crippen molar-refractivity contribution in [2.75, 3.05) is 20.2 Å². The molecule has 6 nitrogen and oxygen atoms in total. The third kappa shape index (κ3) is 3.61. The zero-order valence-electron chi connectivity index (χ0n) is 17.1. The van der Waals surface area contributed by atoms with E-state index in [1.54, 1.807) is 47.9 Å². The fraction of sp³-hybridized carbons (Fsp3) is 0.292. The minimum atomic E-state index is -0.207. The predicted molar refractivity (Wildman–Crippen MR) is 115 cm³/mol. The maximum atomic E-state index is 13.2. The Morgan fingerprint density at radius 1 is 1.00 bits per heavy atom. The Balaban J connectivity index is 1.50. The molecule has 2 aromatic carbocycles. The highest BCUT2D eigenvalue weighted by Gasteiger charge is 2.29. The van der Waals surface area contributed by atoms with Crippen LogP contribution in [0.2, 0.25) is 0 Å². The topological polar surface area (TPSA) is 68.6 Å². The number of benzene rings is 2. The number of ketones is 1. The Labute approximate surface area is 174 Å². The van der Waals surface area contributed by atoms with E-state index in [1.807, 2.05) is 24.3 Å². The molecule has 1 aliphatic heterocycles. The lowest BCUT2D eigenvalue weighted by atomic mass is 9.88. The van der Waals surface area contributed by atoms with Crippen molar-refractivity contribution in [3.8, 4) is 5.75 Å². The monoisotopic (exact) mass is 404 g/mol. The van der Waals surface area contributed by atoms with E-state index in [0.29, 0.717) is 42.8 Å². The van der Waals surface area contributed by atoms with Crippen molar-refractivity contribution in [1.82, 2.24) is 9.47 Å². The molecule has 1 amide bonds. The number of Topliss-reactive ketones (excluding diaryl/α,β-unsaturated/α-hetero) is 1. The maximum absolute atomic E-state index is 13.2. The van der Waals surface area contributed by atoms with Gasteiger partial charge >= 0.3 is 0 Å². The van der Waals surface area contributed by atoms with Crippen molar-refractivity contribution in [1.29, 1.82) is 0 Å². The second-order valence-corrected chi connectivity index (χ2v) is 7.63. The van der Waals surface area contributed by atoms with Gasteiger partial charge in [0.15, 0.2) is 5.78 Å². The van der Waals surface area contributed by atoms with E-state index in [9.17, 15) is 14.4 Å². The van der Waals surface area contributed by atoms with Crippen LogP contribution in [0.25, 0.3) is 10.9 Å². The van der Waals surface area contributed by atoms with Crippen LogP contribution in [-0.2, 0) is 7.05 Å². The Kier molecular flexibility index (Phi) is 5.40. The number of amides is 1. The van der Waals surface area contributed by atoms with Crippen LogP contribution < -0.4 is 10.3 Å². The molecule has 1 fully saturated rings. The summed E-state index contributed by atoms with van der Waals surface area (Å²) in [5, 5.41) is 0.765. The molecule has 6 heteroatoms. The number of hydrogen-bond acceptors (Lipinski definition) is 4. The molecule has 30 heavy (non-hydrogen) atoms. The summed E-state index contributed by atoms with van der Waals surface area (Å²) in [4.78, 5) is 40.1. The van der Waals surface area contributed by atoms with Gasteiger partial charge in [-0.25, -0.2) is 0 Å². The standard InChI is InChI=1S/C24H24N2O4/c1-25-21-6-4-3-5-19(21)20(15-22(25)27)24(29)26-13-11-17(12-14-26)23(28)16-7-9-18(30-2)10-8-16/h3-10,15,17H,11-14H2,1-2H3. The quantitative estimate of drug-likeness (QED) is 0.626. The number of pyridine rings is 1. The third-order valence-corrected chi connectivity index (χ3v) is 5.91. The van der Waals surface area contributed by atoms with E-state index in [2.05, 4.69) is 0 Å². The van der Waals surface area contributed by atoms with Crippen molar-refractivity contribution >= 4 is 22.6 Å². The molecule has 154 valence electrons. The van der Waals surface area contributed by atoms with Gasteiger partial charge < -0.3 is 14.2 Å². The van der Waals surface area contributed by atoms with Crippen LogP contribution in [0, 0.1) is 5.92 Å². The number of nitrogens with zero attached hydrogens (tertiary/aromatic N) is 2. The van der Waals surface area contributed by atoms with Crippen molar-refractivity contribution < 1.29 is 14.3 Å². The third-order valence-electron chi connectivity index (χ3n) is 5.91. The number of hydrogen-bond donors (Lipinski definition) is 0. The fourth-order valence-electron chi connectivity index (χ4n) is 4.09. The summed E-state index contributed by atoms with van der Waals surface area (Å²) >= 11 is 0. The number of aryl methyl sites for hydroxylation is 1. The summed E-state index contributed by atoms with van der Waals surface area (Å²) in [6.45, 7) is 0.990. The van der Waals surface area contributed by atoms with Gasteiger partial charge in [-0.05, 0) is 43.2 Å². The summed E-state index contributed by atoms with van der Waals surface area (Å²) in [5.74, 6) is 0.555. The van der Waals surface area contributed by atoms with Crippen LogP contribution >= 0.6 is 0 Å². The number of aromatic nitrogens is 1. The lowest BCUT2D eigenvalue weighted by Gasteiger charge is -2.31. The van der Waals surface area contributed by atoms with E-state index in [0.717, 1.165) is 10.9 Å². The average Bonchev–Trinajstić information content (AvgIpc) is 2.80. The van der Waals surface area contributed by atoms with Gasteiger partial charge in [-0.3, -0.25) is 14.4 Å². The Morgan fingerprint density at radius 2 is 1.67 bits per heavy atom. The second kappa shape index (κ2) is 8.14. The molecule has 0 aliphatic carbocycles. The van der Waals surface area contributed by atoms with Crippen molar-refractivity contribution in [3.63, 3.8) is 0 Å². The minimum absolute atomic E-state index is 0.101. The fourth-order valence-corrected chi connectivity index (χ4v) is 4.09. The number of carbonyl (C=O) groups is 2. The Morgan fingerprint density at radius 3 is 2.33 bits per heavy atom. The van der Waals surface area contributed by atoms with Gasteiger partial charge in [0.25, 0.3) is 11.5 Å². The van der Waals surface area contributed by atoms with Crippen LogP contribution in [0.4, 0.5) is 0 Å². The molecule has 0 unspecified atom stereocenters. The Bertz CT molecular complexity index is 1160. The van der Waals surface area contributed by atoms with Gasteiger partial charge in [0.1, 0.15) is 5.75 Å². The van der Waals surface area contributed by atoms with Gasteiger partial charge in [0.05, 0.1) is 18.2 Å². The highest BCUT2D eigenvalue weighted by molar-refractivity contribution is 6.06. The smallest absolute Gasteiger partial charge is 0.254 e. The molecule has 0 spiro atoms. The van der Waals surface area contributed by atoms with Gasteiger partial charge in [-0.2, -0.15) is 0 Å². The van der Waals surface area contributed by atoms with E-state index in [1.165, 1.54) is 6.07 Å². The summed E-state index contributed by atoms with van der Waals surface area (Å²) in [6.07, 6.45) is 1.22. The molecule has 1 aromatic heterocycles. The molecule has 1 aliphatic rings. The maximum Gasteiger partial charge on any atom is 0.254 e. The number of rotatable bonds is 4. The molecule has 0 bridgehead atoms. The highest BCUT2D eigenvalue weighted by Crippen LogP contribution is 2.25. The average molecular weight is 404 g/mol. The molecule has 0 saturated carbocycles. The van der Waals surface area contributed by atoms with Gasteiger partial charge in [0, 0.05) is 43.1 Å². The first-order valence-corrected chi connectivity index (χ1v) is 10.1. The lowest BCUT2D eigenvalue weighted by Crippen LogP contribution is -2.40. The highest BCUT2D eigenvalue weighted by atomic mass is 16.5. The zero-order valence-corrected chi connectivity index (χ0v) is 17.1. The molecule has 4 rings (SSSR count). The number of piperidine rings is 1. The van der Waals surface area contributed by atoms with E-state index < -0.39 is 0 Å². The number of ether oxygens (including phenoxy) is 1. The van der Waals surface area contributed by atoms with Gasteiger partial charge in [0.2, 0.25) is 0 Å². The number of para-hydroxylation sites is 1. The summed E-state index contributed by atoms with van der Waals surface area (Å²) < 4.78 is 6.69. The number of fused-ring (bicyclic) bond motifs is 1. The molecule has 0 atom stereocenters. The largest absolute Gasteiger partial charge is 0.497 e. The molecular formula is C24H24N2O4. The van der Waals surface area contributed by atoms with Crippen molar-refractivity contribution in [2.45, 2.75) is 12.8 Å². The molecule has 0 radical (unpaired) electrons. The summed E-state index contributed by atoms with van der Waals surface area (Å²) in [7, 11) is 3.30. The van der Waals surface area contributed by atoms with Crippen molar-refractivity contribution in [2.24, 2.45) is 13.0 Å². The first-order chi connectivity index (χ1) is 14.5. The predicted octanol–water partition coefficient (Wildman–Crippen LogP) is 3.28. The van der Waals surface area contributed by atoms with Gasteiger partial charge in [-0.1, -0.05) is 18.2 Å². The van der Waals surface area contributed by atoms with Crippen LogP contribution in [0.15, 0.2) is 59.4 Å². The SMILES string of the molecule is COc1ccc(C(=O)C2CCN(C(=O)c3cc(=O)n(C)c4ccccc34)CC2)cc1. The van der Waals surface area contributed by atoms with Gasteiger partial charge in [-0.15, -0.1) is 0 Å². The van der Waals surface area contributed by atoms with Crippen LogP contribution in [0.5, 0.6) is 5.75 Å². The first kappa shape index (κ1) is 19.9. The number of methoxy groups -OCH3 is 1. The molecule has 2 heterocycles. The molecular weight excluding hydrogens is 380 g/mol. The van der Waals surface area contributed by atoms with E-state index in [4.69, 9.17) is 4.74 Å². The lowest BCUT2D eigenvalue weighted by molar-refractivity contribution is 0.0651. The van der Waals surface area contributed by atoms with Crippen LogP contribution in [-0.4, -0.2) is 41.4 Å². The molecule has 0 N–H and O–H groups in total. The second-order valence-electron chi connectivity index (χ2n) is 7.63. The number of likely N-dealkylation sites (tertiary alicyclic amines) is 1. The molecule has 1 saturated heterocycles. The molecule has 3 aromatic rings. The van der Waals surface area contributed by atoms with E-state index in [-0.39, 0.29) is 23.2 Å². The summed E-state index contributed by atoms with van der Waals surface area (Å²) in [6, 6.07) is 16.0. The minimum Gasteiger partial charge on any atom is -0.497 e. The van der Waals surface area contributed by atoms with Crippen LogP contribution in [0.3, 0.4) is 0 Å². The zero-order chi connectivity index (χ0) is 21.3. The Hall–Kier alpha value is -3.41.